The van der Waals surface area contributed by atoms with Gasteiger partial charge in [0.15, 0.2) is 0 Å². The second-order valence-corrected chi connectivity index (χ2v) is 6.29. The summed E-state index contributed by atoms with van der Waals surface area (Å²) < 4.78 is 0. The molecule has 1 N–H and O–H groups in total. The molecule has 0 aliphatic carbocycles. The Kier molecular flexibility index (Phi) is 6.26. The number of likely N-dealkylation sites (N-methyl/N-ethyl adjacent to an activating group) is 1. The van der Waals surface area contributed by atoms with Crippen molar-refractivity contribution in [3.05, 3.63) is 0 Å². The molecule has 0 bridgehead atoms. The van der Waals surface area contributed by atoms with Crippen LogP contribution in [0.4, 0.5) is 0 Å². The summed E-state index contributed by atoms with van der Waals surface area (Å²) in [6, 6.07) is 0. The van der Waals surface area contributed by atoms with Gasteiger partial charge in [-0.05, 0) is 51.2 Å². The predicted octanol–water partition coefficient (Wildman–Crippen LogP) is 0.245. The molecule has 0 aromatic rings. The number of rotatable bonds is 6. The van der Waals surface area contributed by atoms with Crippen LogP contribution in [0.2, 0.25) is 0 Å². The lowest BCUT2D eigenvalue weighted by Gasteiger charge is -2.34. The number of hydrogen-bond acceptors (Lipinski definition) is 4. The smallest absolute Gasteiger partial charge is 0.236 e. The highest BCUT2D eigenvalue weighted by molar-refractivity contribution is 5.78. The fraction of sp³-hybridized carbons (Fsp3) is 0.933. The third-order valence-electron chi connectivity index (χ3n) is 4.53. The van der Waals surface area contributed by atoms with Crippen LogP contribution in [-0.2, 0) is 4.79 Å². The van der Waals surface area contributed by atoms with Gasteiger partial charge >= 0.3 is 0 Å². The van der Waals surface area contributed by atoms with E-state index in [1.165, 1.54) is 25.7 Å². The first kappa shape index (κ1) is 15.7. The Morgan fingerprint density at radius 3 is 2.60 bits per heavy atom. The van der Waals surface area contributed by atoms with Gasteiger partial charge < -0.3 is 14.9 Å². The van der Waals surface area contributed by atoms with Gasteiger partial charge in [0, 0.05) is 26.7 Å². The molecule has 2 aliphatic heterocycles. The average molecular weight is 283 g/mol. The Bertz CT molecular complexity index is 303. The average Bonchev–Trinajstić information content (AvgIpc) is 2.92. The number of aliphatic hydroxyl groups is 1. The Labute approximate surface area is 122 Å². The lowest BCUT2D eigenvalue weighted by molar-refractivity contribution is -0.131. The maximum atomic E-state index is 12.2. The van der Waals surface area contributed by atoms with Crippen molar-refractivity contribution in [3.8, 4) is 0 Å². The van der Waals surface area contributed by atoms with Crippen molar-refractivity contribution >= 4 is 5.91 Å². The first-order valence-corrected chi connectivity index (χ1v) is 7.98. The largest absolute Gasteiger partial charge is 0.395 e. The Morgan fingerprint density at radius 1 is 1.20 bits per heavy atom. The first-order valence-electron chi connectivity index (χ1n) is 7.98. The SMILES string of the molecule is CN(C[C@@H]1CCCN(CCO)C1)C(=O)CN1CCCC1. The number of carbonyl (C=O) groups excluding carboxylic acids is 1. The highest BCUT2D eigenvalue weighted by atomic mass is 16.3. The van der Waals surface area contributed by atoms with Gasteiger partial charge in [-0.3, -0.25) is 9.69 Å². The van der Waals surface area contributed by atoms with Crippen LogP contribution in [0, 0.1) is 5.92 Å². The van der Waals surface area contributed by atoms with Crippen LogP contribution in [0.5, 0.6) is 0 Å². The van der Waals surface area contributed by atoms with Crippen molar-refractivity contribution in [2.75, 3.05) is 59.5 Å². The fourth-order valence-corrected chi connectivity index (χ4v) is 3.39. The second-order valence-electron chi connectivity index (χ2n) is 6.29. The zero-order valence-corrected chi connectivity index (χ0v) is 12.8. The Hall–Kier alpha value is -0.650. The van der Waals surface area contributed by atoms with Gasteiger partial charge in [0.1, 0.15) is 0 Å². The van der Waals surface area contributed by atoms with Gasteiger partial charge in [-0.25, -0.2) is 0 Å². The molecule has 2 aliphatic rings. The molecular formula is C15H29N3O2. The molecule has 2 saturated heterocycles. The summed E-state index contributed by atoms with van der Waals surface area (Å²) in [6.07, 6.45) is 4.84. The Balaban J connectivity index is 1.72. The van der Waals surface area contributed by atoms with Crippen molar-refractivity contribution < 1.29 is 9.90 Å². The minimum absolute atomic E-state index is 0.233. The highest BCUT2D eigenvalue weighted by Gasteiger charge is 2.23. The fourth-order valence-electron chi connectivity index (χ4n) is 3.39. The number of nitrogens with zero attached hydrogens (tertiary/aromatic N) is 3. The number of aliphatic hydroxyl groups excluding tert-OH is 1. The summed E-state index contributed by atoms with van der Waals surface area (Å²) in [4.78, 5) is 18.7. The molecule has 0 aromatic heterocycles. The Morgan fingerprint density at radius 2 is 1.90 bits per heavy atom. The van der Waals surface area contributed by atoms with E-state index in [1.807, 2.05) is 11.9 Å². The normalized spacial score (nSPS) is 25.0. The number of carbonyl (C=O) groups is 1. The van der Waals surface area contributed by atoms with Gasteiger partial charge in [0.05, 0.1) is 13.2 Å². The molecule has 5 heteroatoms. The number of likely N-dealkylation sites (tertiary alicyclic amines) is 2. The van der Waals surface area contributed by atoms with Crippen LogP contribution < -0.4 is 0 Å². The van der Waals surface area contributed by atoms with Crippen LogP contribution in [-0.4, -0.2) is 85.2 Å². The molecular weight excluding hydrogens is 254 g/mol. The molecule has 2 rings (SSSR count). The van der Waals surface area contributed by atoms with Crippen molar-refractivity contribution in [2.24, 2.45) is 5.92 Å². The van der Waals surface area contributed by atoms with Crippen LogP contribution in [0.25, 0.3) is 0 Å². The van der Waals surface area contributed by atoms with E-state index in [4.69, 9.17) is 5.11 Å². The molecule has 0 saturated carbocycles. The molecule has 0 radical (unpaired) electrons. The third kappa shape index (κ3) is 4.72. The number of β-amino-alcohol motifs (C(OH)–C–C–N with tert-alkyl or cyclic N) is 1. The van der Waals surface area contributed by atoms with E-state index in [0.29, 0.717) is 12.5 Å². The van der Waals surface area contributed by atoms with Crippen molar-refractivity contribution in [3.63, 3.8) is 0 Å². The monoisotopic (exact) mass is 283 g/mol. The quantitative estimate of drug-likeness (QED) is 0.759. The summed E-state index contributed by atoms with van der Waals surface area (Å²) in [7, 11) is 1.93. The van der Waals surface area contributed by atoms with Gasteiger partial charge in [0.2, 0.25) is 5.91 Å². The van der Waals surface area contributed by atoms with E-state index in [2.05, 4.69) is 9.80 Å². The van der Waals surface area contributed by atoms with Gasteiger partial charge in [-0.15, -0.1) is 0 Å². The zero-order chi connectivity index (χ0) is 14.4. The molecule has 2 fully saturated rings. The molecule has 0 spiro atoms. The number of hydrogen-bond donors (Lipinski definition) is 1. The molecule has 116 valence electrons. The maximum absolute atomic E-state index is 12.2. The predicted molar refractivity (Wildman–Crippen MR) is 79.6 cm³/mol. The number of amides is 1. The van der Waals surface area contributed by atoms with Gasteiger partial charge in [-0.2, -0.15) is 0 Å². The summed E-state index contributed by atoms with van der Waals surface area (Å²) in [5, 5.41) is 9.02. The first-order chi connectivity index (χ1) is 9.69. The minimum atomic E-state index is 0.233. The molecule has 20 heavy (non-hydrogen) atoms. The van der Waals surface area contributed by atoms with Crippen LogP contribution >= 0.6 is 0 Å². The van der Waals surface area contributed by atoms with E-state index in [0.717, 1.165) is 39.3 Å². The molecule has 2 heterocycles. The summed E-state index contributed by atoms with van der Waals surface area (Å²) >= 11 is 0. The lowest BCUT2D eigenvalue weighted by Crippen LogP contribution is -2.44. The zero-order valence-electron chi connectivity index (χ0n) is 12.8. The molecule has 1 atom stereocenters. The van der Waals surface area contributed by atoms with E-state index in [9.17, 15) is 4.79 Å². The molecule has 0 unspecified atom stereocenters. The van der Waals surface area contributed by atoms with E-state index in [-0.39, 0.29) is 12.5 Å². The standard InChI is InChI=1S/C15H29N3O2/c1-16(15(20)13-17-6-2-3-7-17)11-14-5-4-8-18(12-14)9-10-19/h14,19H,2-13H2,1H3/t14-/m0/s1. The van der Waals surface area contributed by atoms with Crippen molar-refractivity contribution in [1.29, 1.82) is 0 Å². The van der Waals surface area contributed by atoms with Crippen LogP contribution in [0.15, 0.2) is 0 Å². The lowest BCUT2D eigenvalue weighted by atomic mass is 9.97. The van der Waals surface area contributed by atoms with Crippen LogP contribution in [0.3, 0.4) is 0 Å². The summed E-state index contributed by atoms with van der Waals surface area (Å²) in [5.41, 5.74) is 0. The third-order valence-corrected chi connectivity index (χ3v) is 4.53. The summed E-state index contributed by atoms with van der Waals surface area (Å²) in [5.74, 6) is 0.814. The summed E-state index contributed by atoms with van der Waals surface area (Å²) in [6.45, 7) is 6.70. The topological polar surface area (TPSA) is 47.0 Å². The highest BCUT2D eigenvalue weighted by Crippen LogP contribution is 2.17. The van der Waals surface area contributed by atoms with E-state index >= 15 is 0 Å². The molecule has 5 nitrogen and oxygen atoms in total. The van der Waals surface area contributed by atoms with Crippen molar-refractivity contribution in [1.82, 2.24) is 14.7 Å². The minimum Gasteiger partial charge on any atom is -0.395 e. The van der Waals surface area contributed by atoms with Gasteiger partial charge in [0.25, 0.3) is 0 Å². The van der Waals surface area contributed by atoms with Crippen molar-refractivity contribution in [2.45, 2.75) is 25.7 Å². The maximum Gasteiger partial charge on any atom is 0.236 e. The van der Waals surface area contributed by atoms with Crippen LogP contribution in [0.1, 0.15) is 25.7 Å². The second kappa shape index (κ2) is 7.96. The number of piperidine rings is 1. The van der Waals surface area contributed by atoms with E-state index in [1.54, 1.807) is 0 Å². The molecule has 1 amide bonds. The van der Waals surface area contributed by atoms with E-state index < -0.39 is 0 Å². The van der Waals surface area contributed by atoms with Gasteiger partial charge in [-0.1, -0.05) is 0 Å². The molecule has 0 aromatic carbocycles.